The average Bonchev–Trinajstić information content (AvgIpc) is 3.29. The zero-order valence-corrected chi connectivity index (χ0v) is 12.9. The molecule has 1 saturated heterocycles. The molecule has 3 rings (SSSR count). The molecule has 1 aromatic carbocycles. The number of carbonyl (C=O) groups excluding carboxylic acids is 1. The van der Waals surface area contributed by atoms with Crippen LogP contribution >= 0.6 is 0 Å². The van der Waals surface area contributed by atoms with E-state index in [1.54, 1.807) is 7.11 Å². The summed E-state index contributed by atoms with van der Waals surface area (Å²) in [6.45, 7) is 4.02. The van der Waals surface area contributed by atoms with E-state index < -0.39 is 0 Å². The van der Waals surface area contributed by atoms with Gasteiger partial charge in [0.2, 0.25) is 0 Å². The first-order chi connectivity index (χ1) is 10.1. The van der Waals surface area contributed by atoms with Crippen LogP contribution in [0, 0.1) is 5.92 Å². The normalized spacial score (nSPS) is 21.0. The summed E-state index contributed by atoms with van der Waals surface area (Å²) in [6.07, 6.45) is 4.27. The van der Waals surface area contributed by atoms with E-state index in [9.17, 15) is 4.79 Å². The summed E-state index contributed by atoms with van der Waals surface area (Å²) < 4.78 is 5.19. The highest BCUT2D eigenvalue weighted by atomic mass is 16.5. The molecular weight excluding hydrogens is 264 g/mol. The zero-order chi connectivity index (χ0) is 14.9. The molecule has 2 amide bonds. The first-order valence-electron chi connectivity index (χ1n) is 7.84. The Balaban J connectivity index is 1.64. The molecule has 0 aromatic heterocycles. The molecule has 2 fully saturated rings. The fourth-order valence-electron chi connectivity index (χ4n) is 3.02. The number of amides is 2. The fraction of sp³-hybridized carbons (Fsp3) is 0.588. The molecule has 114 valence electrons. The van der Waals surface area contributed by atoms with Crippen molar-refractivity contribution in [3.8, 4) is 5.75 Å². The number of likely N-dealkylation sites (tertiary alicyclic amines) is 1. The Morgan fingerprint density at radius 1 is 1.24 bits per heavy atom. The van der Waals surface area contributed by atoms with Crippen LogP contribution < -0.4 is 10.1 Å². The maximum Gasteiger partial charge on any atom is 0.318 e. The topological polar surface area (TPSA) is 41.6 Å². The van der Waals surface area contributed by atoms with E-state index in [0.29, 0.717) is 0 Å². The summed E-state index contributed by atoms with van der Waals surface area (Å²) in [4.78, 5) is 14.4. The van der Waals surface area contributed by atoms with Gasteiger partial charge in [-0.25, -0.2) is 4.79 Å². The lowest BCUT2D eigenvalue weighted by atomic mass is 9.99. The average molecular weight is 288 g/mol. The Morgan fingerprint density at radius 3 is 2.38 bits per heavy atom. The molecule has 2 aliphatic rings. The second-order valence-corrected chi connectivity index (χ2v) is 6.41. The third kappa shape index (κ3) is 2.99. The number of nitrogens with one attached hydrogen (secondary N) is 1. The molecule has 1 heterocycles. The molecule has 0 atom stereocenters. The number of piperidine rings is 1. The predicted octanol–water partition coefficient (Wildman–Crippen LogP) is 3.13. The molecular formula is C17H24N2O2. The molecule has 4 nitrogen and oxygen atoms in total. The Bertz CT molecular complexity index is 500. The van der Waals surface area contributed by atoms with E-state index in [2.05, 4.69) is 24.4 Å². The number of hydrogen-bond donors (Lipinski definition) is 1. The van der Waals surface area contributed by atoms with Gasteiger partial charge in [0.05, 0.1) is 12.6 Å². The van der Waals surface area contributed by atoms with E-state index in [1.807, 2.05) is 17.0 Å². The highest BCUT2D eigenvalue weighted by Gasteiger charge is 2.46. The summed E-state index contributed by atoms with van der Waals surface area (Å²) >= 11 is 0. The maximum atomic E-state index is 12.4. The summed E-state index contributed by atoms with van der Waals surface area (Å²) in [5.74, 6) is 1.59. The number of hydrogen-bond acceptors (Lipinski definition) is 2. The first-order valence-corrected chi connectivity index (χ1v) is 7.84. The highest BCUT2D eigenvalue weighted by Crippen LogP contribution is 2.46. The van der Waals surface area contributed by atoms with Crippen molar-refractivity contribution in [2.45, 2.75) is 38.1 Å². The molecule has 1 aromatic rings. The van der Waals surface area contributed by atoms with Gasteiger partial charge in [0, 0.05) is 13.1 Å². The van der Waals surface area contributed by atoms with Gasteiger partial charge in [0.25, 0.3) is 0 Å². The van der Waals surface area contributed by atoms with Gasteiger partial charge in [-0.05, 0) is 49.3 Å². The van der Waals surface area contributed by atoms with Crippen LogP contribution in [0.15, 0.2) is 24.3 Å². The lowest BCUT2D eigenvalue weighted by molar-refractivity contribution is 0.169. The second kappa shape index (κ2) is 5.58. The number of urea groups is 1. The SMILES string of the molecule is COc1ccc(C2(NC(=O)N3CCC(C)CC3)CC2)cc1. The molecule has 4 heteroatoms. The van der Waals surface area contributed by atoms with Crippen LogP contribution in [0.2, 0.25) is 0 Å². The van der Waals surface area contributed by atoms with E-state index in [1.165, 1.54) is 5.56 Å². The lowest BCUT2D eigenvalue weighted by Crippen LogP contribution is -2.47. The van der Waals surface area contributed by atoms with Crippen molar-refractivity contribution in [1.82, 2.24) is 10.2 Å². The van der Waals surface area contributed by atoms with Crippen LogP contribution in [0.3, 0.4) is 0 Å². The monoisotopic (exact) mass is 288 g/mol. The van der Waals surface area contributed by atoms with Crippen LogP contribution in [0.1, 0.15) is 38.2 Å². The zero-order valence-electron chi connectivity index (χ0n) is 12.9. The summed E-state index contributed by atoms with van der Waals surface area (Å²) in [5, 5.41) is 3.25. The van der Waals surface area contributed by atoms with Gasteiger partial charge in [-0.15, -0.1) is 0 Å². The fourth-order valence-corrected chi connectivity index (χ4v) is 3.02. The number of ether oxygens (including phenoxy) is 1. The Hall–Kier alpha value is -1.71. The minimum absolute atomic E-state index is 0.0928. The Morgan fingerprint density at radius 2 is 1.86 bits per heavy atom. The van der Waals surface area contributed by atoms with Gasteiger partial charge in [-0.1, -0.05) is 19.1 Å². The van der Waals surface area contributed by atoms with E-state index in [0.717, 1.165) is 50.4 Å². The summed E-state index contributed by atoms with van der Waals surface area (Å²) in [6, 6.07) is 8.14. The van der Waals surface area contributed by atoms with Crippen LogP contribution in [0.4, 0.5) is 4.79 Å². The minimum Gasteiger partial charge on any atom is -0.497 e. The number of carbonyl (C=O) groups is 1. The van der Waals surface area contributed by atoms with Crippen LogP contribution in [-0.2, 0) is 5.54 Å². The smallest absolute Gasteiger partial charge is 0.318 e. The molecule has 21 heavy (non-hydrogen) atoms. The number of rotatable bonds is 3. The quantitative estimate of drug-likeness (QED) is 0.928. The van der Waals surface area contributed by atoms with Crippen molar-refractivity contribution in [3.05, 3.63) is 29.8 Å². The van der Waals surface area contributed by atoms with Gasteiger partial charge in [-0.3, -0.25) is 0 Å². The van der Waals surface area contributed by atoms with Crippen molar-refractivity contribution in [3.63, 3.8) is 0 Å². The second-order valence-electron chi connectivity index (χ2n) is 6.41. The Kier molecular flexibility index (Phi) is 3.79. The molecule has 0 radical (unpaired) electrons. The predicted molar refractivity (Wildman–Crippen MR) is 82.4 cm³/mol. The van der Waals surface area contributed by atoms with Gasteiger partial charge in [-0.2, -0.15) is 0 Å². The molecule has 0 spiro atoms. The highest BCUT2D eigenvalue weighted by molar-refractivity contribution is 5.76. The van der Waals surface area contributed by atoms with Crippen molar-refractivity contribution in [2.24, 2.45) is 5.92 Å². The molecule has 1 aliphatic carbocycles. The molecule has 0 unspecified atom stereocenters. The van der Waals surface area contributed by atoms with Crippen molar-refractivity contribution < 1.29 is 9.53 Å². The maximum absolute atomic E-state index is 12.4. The van der Waals surface area contributed by atoms with Gasteiger partial charge in [0.15, 0.2) is 0 Å². The first kappa shape index (κ1) is 14.2. The van der Waals surface area contributed by atoms with Crippen LogP contribution in [0.5, 0.6) is 5.75 Å². The van der Waals surface area contributed by atoms with Crippen molar-refractivity contribution in [1.29, 1.82) is 0 Å². The summed E-state index contributed by atoms with van der Waals surface area (Å²) in [5.41, 5.74) is 1.04. The minimum atomic E-state index is -0.146. The van der Waals surface area contributed by atoms with Gasteiger partial charge in [0.1, 0.15) is 5.75 Å². The van der Waals surface area contributed by atoms with Crippen LogP contribution in [0.25, 0.3) is 0 Å². The van der Waals surface area contributed by atoms with Crippen LogP contribution in [-0.4, -0.2) is 31.1 Å². The number of nitrogens with zero attached hydrogens (tertiary/aromatic N) is 1. The van der Waals surface area contributed by atoms with Gasteiger partial charge < -0.3 is 15.0 Å². The largest absolute Gasteiger partial charge is 0.497 e. The van der Waals surface area contributed by atoms with E-state index >= 15 is 0 Å². The number of methoxy groups -OCH3 is 1. The molecule has 1 aliphatic heterocycles. The standard InChI is InChI=1S/C17H24N2O2/c1-13-7-11-19(12-8-13)16(20)18-17(9-10-17)14-3-5-15(21-2)6-4-14/h3-6,13H,7-12H2,1-2H3,(H,18,20). The van der Waals surface area contributed by atoms with Gasteiger partial charge >= 0.3 is 6.03 Å². The van der Waals surface area contributed by atoms with Crippen molar-refractivity contribution >= 4 is 6.03 Å². The lowest BCUT2D eigenvalue weighted by Gasteiger charge is -2.32. The molecule has 1 saturated carbocycles. The Labute approximate surface area is 126 Å². The molecule has 0 bridgehead atoms. The molecule has 1 N–H and O–H groups in total. The van der Waals surface area contributed by atoms with E-state index in [-0.39, 0.29) is 11.6 Å². The number of benzene rings is 1. The third-order valence-electron chi connectivity index (χ3n) is 4.81. The van der Waals surface area contributed by atoms with Crippen molar-refractivity contribution in [2.75, 3.05) is 20.2 Å². The van der Waals surface area contributed by atoms with E-state index in [4.69, 9.17) is 4.74 Å². The third-order valence-corrected chi connectivity index (χ3v) is 4.81. The summed E-state index contributed by atoms with van der Waals surface area (Å²) in [7, 11) is 1.67.